The van der Waals surface area contributed by atoms with Crippen LogP contribution in [0.4, 0.5) is 10.6 Å². The predicted molar refractivity (Wildman–Crippen MR) is 94.5 cm³/mol. The van der Waals surface area contributed by atoms with E-state index >= 15 is 0 Å². The Bertz CT molecular complexity index is 597. The van der Waals surface area contributed by atoms with Crippen LogP contribution in [0.3, 0.4) is 0 Å². The summed E-state index contributed by atoms with van der Waals surface area (Å²) in [5, 5.41) is 11.9. The molecule has 0 aliphatic carbocycles. The molecular weight excluding hydrogens is 320 g/mol. The Balaban J connectivity index is 1.48. The summed E-state index contributed by atoms with van der Waals surface area (Å²) in [7, 11) is 0. The first-order valence-corrected chi connectivity index (χ1v) is 9.09. The molecule has 1 atom stereocenters. The maximum Gasteiger partial charge on any atom is 0.317 e. The number of carboxylic acids is 1. The lowest BCUT2D eigenvalue weighted by atomic mass is 10.1. The van der Waals surface area contributed by atoms with Crippen LogP contribution in [0, 0.1) is 5.92 Å². The number of amides is 2. The van der Waals surface area contributed by atoms with E-state index < -0.39 is 11.9 Å². The Kier molecular flexibility index (Phi) is 5.73. The van der Waals surface area contributed by atoms with E-state index in [1.165, 1.54) is 25.7 Å². The number of carbonyl (C=O) groups is 2. The van der Waals surface area contributed by atoms with Gasteiger partial charge in [0.25, 0.3) is 0 Å². The minimum absolute atomic E-state index is 0.208. The summed E-state index contributed by atoms with van der Waals surface area (Å²) in [6.45, 7) is 3.30. The van der Waals surface area contributed by atoms with Crippen LogP contribution in [0.25, 0.3) is 0 Å². The predicted octanol–water partition coefficient (Wildman–Crippen LogP) is 2.08. The molecular formula is C18H26N4O3. The van der Waals surface area contributed by atoms with E-state index in [-0.39, 0.29) is 12.6 Å². The van der Waals surface area contributed by atoms with Gasteiger partial charge in [-0.1, -0.05) is 18.9 Å². The monoisotopic (exact) mass is 346 g/mol. The third-order valence-electron chi connectivity index (χ3n) is 5.01. The Morgan fingerprint density at radius 2 is 1.92 bits per heavy atom. The molecule has 1 unspecified atom stereocenters. The summed E-state index contributed by atoms with van der Waals surface area (Å²) in [4.78, 5) is 31.5. The summed E-state index contributed by atoms with van der Waals surface area (Å²) in [6, 6.07) is 3.81. The Labute approximate surface area is 148 Å². The summed E-state index contributed by atoms with van der Waals surface area (Å²) in [5.74, 6) is -0.273. The number of hydrogen-bond donors (Lipinski definition) is 2. The standard InChI is InChI=1S/C18H26N4O3/c23-17(24)15-7-10-22(13-15)18(25)20-12-14-5-6-16(19-11-14)21-8-3-1-2-4-9-21/h5-6,11,15H,1-4,7-10,12-13H2,(H,20,25)(H,23,24). The molecule has 2 saturated heterocycles. The molecule has 25 heavy (non-hydrogen) atoms. The highest BCUT2D eigenvalue weighted by Gasteiger charge is 2.30. The lowest BCUT2D eigenvalue weighted by Gasteiger charge is -2.21. The number of aliphatic carboxylic acids is 1. The Morgan fingerprint density at radius 3 is 2.52 bits per heavy atom. The number of anilines is 1. The third kappa shape index (κ3) is 4.61. The molecule has 2 amide bonds. The molecule has 2 aliphatic heterocycles. The Morgan fingerprint density at radius 1 is 1.16 bits per heavy atom. The average molecular weight is 346 g/mol. The molecule has 1 aromatic rings. The van der Waals surface area contributed by atoms with Gasteiger partial charge in [0.2, 0.25) is 0 Å². The smallest absolute Gasteiger partial charge is 0.317 e. The quantitative estimate of drug-likeness (QED) is 0.872. The van der Waals surface area contributed by atoms with Crippen LogP contribution in [0.15, 0.2) is 18.3 Å². The van der Waals surface area contributed by atoms with Gasteiger partial charge in [-0.05, 0) is 30.9 Å². The van der Waals surface area contributed by atoms with Crippen molar-refractivity contribution < 1.29 is 14.7 Å². The average Bonchev–Trinajstić information content (AvgIpc) is 2.97. The van der Waals surface area contributed by atoms with Crippen molar-refractivity contribution in [1.29, 1.82) is 0 Å². The lowest BCUT2D eigenvalue weighted by molar-refractivity contribution is -0.141. The molecule has 0 aromatic carbocycles. The molecule has 136 valence electrons. The van der Waals surface area contributed by atoms with Gasteiger partial charge in [-0.2, -0.15) is 0 Å². The number of rotatable bonds is 4. The number of aromatic nitrogens is 1. The second-order valence-corrected chi connectivity index (χ2v) is 6.85. The molecule has 1 aromatic heterocycles. The second kappa shape index (κ2) is 8.18. The Hall–Kier alpha value is -2.31. The van der Waals surface area contributed by atoms with E-state index in [0.29, 0.717) is 19.5 Å². The second-order valence-electron chi connectivity index (χ2n) is 6.85. The van der Waals surface area contributed by atoms with Gasteiger partial charge in [0, 0.05) is 38.9 Å². The highest BCUT2D eigenvalue weighted by Crippen LogP contribution is 2.18. The maximum absolute atomic E-state index is 12.1. The van der Waals surface area contributed by atoms with Gasteiger partial charge in [0.1, 0.15) is 5.82 Å². The van der Waals surface area contributed by atoms with Crippen LogP contribution >= 0.6 is 0 Å². The van der Waals surface area contributed by atoms with Crippen molar-refractivity contribution in [2.75, 3.05) is 31.1 Å². The number of hydrogen-bond acceptors (Lipinski definition) is 4. The van der Waals surface area contributed by atoms with E-state index in [4.69, 9.17) is 5.11 Å². The molecule has 0 radical (unpaired) electrons. The van der Waals surface area contributed by atoms with E-state index in [9.17, 15) is 9.59 Å². The molecule has 2 fully saturated rings. The van der Waals surface area contributed by atoms with Gasteiger partial charge >= 0.3 is 12.0 Å². The minimum Gasteiger partial charge on any atom is -0.481 e. The van der Waals surface area contributed by atoms with Crippen molar-refractivity contribution in [3.8, 4) is 0 Å². The fourth-order valence-electron chi connectivity index (χ4n) is 3.44. The lowest BCUT2D eigenvalue weighted by Crippen LogP contribution is -2.38. The zero-order valence-electron chi connectivity index (χ0n) is 14.5. The highest BCUT2D eigenvalue weighted by molar-refractivity contribution is 5.77. The van der Waals surface area contributed by atoms with Crippen LogP contribution in [0.2, 0.25) is 0 Å². The third-order valence-corrected chi connectivity index (χ3v) is 5.01. The fourth-order valence-corrected chi connectivity index (χ4v) is 3.44. The van der Waals surface area contributed by atoms with E-state index in [1.807, 2.05) is 18.3 Å². The molecule has 0 bridgehead atoms. The molecule has 2 aliphatic rings. The molecule has 0 saturated carbocycles. The van der Waals surface area contributed by atoms with Crippen LogP contribution < -0.4 is 10.2 Å². The normalized spacial score (nSPS) is 21.0. The van der Waals surface area contributed by atoms with Crippen LogP contribution in [-0.2, 0) is 11.3 Å². The summed E-state index contributed by atoms with van der Waals surface area (Å²) < 4.78 is 0. The SMILES string of the molecule is O=C(O)C1CCN(C(=O)NCc2ccc(N3CCCCCC3)nc2)C1. The number of carboxylic acid groups (broad SMARTS) is 1. The first-order chi connectivity index (χ1) is 12.1. The number of carbonyl (C=O) groups excluding carboxylic acids is 1. The summed E-state index contributed by atoms with van der Waals surface area (Å²) in [6.07, 6.45) is 7.35. The van der Waals surface area contributed by atoms with Crippen LogP contribution in [-0.4, -0.2) is 53.2 Å². The van der Waals surface area contributed by atoms with Crippen molar-refractivity contribution in [3.63, 3.8) is 0 Å². The van der Waals surface area contributed by atoms with E-state index in [1.54, 1.807) is 4.90 Å². The first kappa shape index (κ1) is 17.5. The number of nitrogens with one attached hydrogen (secondary N) is 1. The largest absolute Gasteiger partial charge is 0.481 e. The number of urea groups is 1. The number of likely N-dealkylation sites (tertiary alicyclic amines) is 1. The zero-order valence-corrected chi connectivity index (χ0v) is 14.5. The minimum atomic E-state index is -0.830. The van der Waals surface area contributed by atoms with Crippen molar-refractivity contribution in [2.45, 2.75) is 38.6 Å². The molecule has 7 heteroatoms. The maximum atomic E-state index is 12.1. The van der Waals surface area contributed by atoms with E-state index in [2.05, 4.69) is 15.2 Å². The van der Waals surface area contributed by atoms with Gasteiger partial charge in [-0.15, -0.1) is 0 Å². The highest BCUT2D eigenvalue weighted by atomic mass is 16.4. The van der Waals surface area contributed by atoms with Gasteiger partial charge in [0.05, 0.1) is 5.92 Å². The fraction of sp³-hybridized carbons (Fsp3) is 0.611. The molecule has 3 heterocycles. The summed E-state index contributed by atoms with van der Waals surface area (Å²) in [5.41, 5.74) is 0.945. The van der Waals surface area contributed by atoms with Gasteiger partial charge < -0.3 is 20.2 Å². The molecule has 3 rings (SSSR count). The van der Waals surface area contributed by atoms with Crippen LogP contribution in [0.5, 0.6) is 0 Å². The molecule has 2 N–H and O–H groups in total. The zero-order chi connectivity index (χ0) is 17.6. The molecule has 0 spiro atoms. The van der Waals surface area contributed by atoms with Crippen molar-refractivity contribution in [3.05, 3.63) is 23.9 Å². The van der Waals surface area contributed by atoms with Gasteiger partial charge in [-0.25, -0.2) is 9.78 Å². The summed E-state index contributed by atoms with van der Waals surface area (Å²) >= 11 is 0. The van der Waals surface area contributed by atoms with Gasteiger partial charge in [-0.3, -0.25) is 4.79 Å². The first-order valence-electron chi connectivity index (χ1n) is 9.09. The molecule has 7 nitrogen and oxygen atoms in total. The van der Waals surface area contributed by atoms with Crippen molar-refractivity contribution in [1.82, 2.24) is 15.2 Å². The number of pyridine rings is 1. The topological polar surface area (TPSA) is 85.8 Å². The van der Waals surface area contributed by atoms with Gasteiger partial charge in [0.15, 0.2) is 0 Å². The van der Waals surface area contributed by atoms with E-state index in [0.717, 1.165) is 24.5 Å². The van der Waals surface area contributed by atoms with Crippen LogP contribution in [0.1, 0.15) is 37.7 Å². The van der Waals surface area contributed by atoms with Crippen molar-refractivity contribution >= 4 is 17.8 Å². The number of nitrogens with zero attached hydrogens (tertiary/aromatic N) is 3. The van der Waals surface area contributed by atoms with Crippen molar-refractivity contribution in [2.24, 2.45) is 5.92 Å².